The molecule has 4 rings (SSSR count). The highest BCUT2D eigenvalue weighted by Gasteiger charge is 2.39. The number of anilines is 2. The van der Waals surface area contributed by atoms with Crippen molar-refractivity contribution in [2.24, 2.45) is 0 Å². The van der Waals surface area contributed by atoms with Crippen LogP contribution in [0.5, 0.6) is 0 Å². The quantitative estimate of drug-likeness (QED) is 0.790. The predicted molar refractivity (Wildman–Crippen MR) is 101 cm³/mol. The van der Waals surface area contributed by atoms with Crippen LogP contribution in [0.4, 0.5) is 11.4 Å². The fourth-order valence-electron chi connectivity index (χ4n) is 3.59. The van der Waals surface area contributed by atoms with Crippen molar-refractivity contribution in [3.05, 3.63) is 57.9 Å². The number of benzene rings is 1. The van der Waals surface area contributed by atoms with E-state index in [-0.39, 0.29) is 17.6 Å². The minimum Gasteiger partial charge on any atom is -0.357 e. The highest BCUT2D eigenvalue weighted by Crippen LogP contribution is 2.45. The zero-order chi connectivity index (χ0) is 17.4. The third-order valence-electron chi connectivity index (χ3n) is 4.63. The smallest absolute Gasteiger partial charge is 0.242 e. The number of allylic oxidation sites excluding steroid dienone is 1. The van der Waals surface area contributed by atoms with Gasteiger partial charge in [-0.3, -0.25) is 14.5 Å². The van der Waals surface area contributed by atoms with Crippen molar-refractivity contribution >= 4 is 46.0 Å². The van der Waals surface area contributed by atoms with E-state index in [0.29, 0.717) is 12.0 Å². The molecule has 2 heterocycles. The number of carbonyl (C=O) groups is 2. The summed E-state index contributed by atoms with van der Waals surface area (Å²) < 4.78 is 0. The number of ketones is 1. The van der Waals surface area contributed by atoms with E-state index in [2.05, 4.69) is 5.32 Å². The number of hydrogen-bond donors (Lipinski definition) is 1. The largest absolute Gasteiger partial charge is 0.357 e. The van der Waals surface area contributed by atoms with Gasteiger partial charge in [0.15, 0.2) is 5.78 Å². The fraction of sp³-hybridized carbons (Fsp3) is 0.263. The summed E-state index contributed by atoms with van der Waals surface area (Å²) >= 11 is 7.49. The van der Waals surface area contributed by atoms with Crippen LogP contribution >= 0.6 is 22.9 Å². The van der Waals surface area contributed by atoms with Gasteiger partial charge in [0, 0.05) is 22.6 Å². The molecule has 0 radical (unpaired) electrons. The first-order valence-corrected chi connectivity index (χ1v) is 9.66. The van der Waals surface area contributed by atoms with Gasteiger partial charge in [-0.25, -0.2) is 0 Å². The predicted octanol–water partition coefficient (Wildman–Crippen LogP) is 4.49. The molecule has 128 valence electrons. The first-order chi connectivity index (χ1) is 12.2. The summed E-state index contributed by atoms with van der Waals surface area (Å²) in [7, 11) is 0. The van der Waals surface area contributed by atoms with Gasteiger partial charge in [0.2, 0.25) is 5.91 Å². The van der Waals surface area contributed by atoms with Crippen LogP contribution in [0.3, 0.4) is 0 Å². The Balaban J connectivity index is 1.99. The van der Waals surface area contributed by atoms with Crippen LogP contribution in [0.25, 0.3) is 0 Å². The van der Waals surface area contributed by atoms with Crippen molar-refractivity contribution in [1.82, 2.24) is 0 Å². The number of nitrogens with one attached hydrogen (secondary N) is 1. The van der Waals surface area contributed by atoms with E-state index in [9.17, 15) is 9.59 Å². The number of Topliss-reactive ketones (excluding diaryl/α,β-unsaturated/α-hetero) is 1. The fourth-order valence-corrected chi connectivity index (χ4v) is 4.54. The SMILES string of the molecule is O=C1CCCC2=C1C(c1cccs1)N(C(=O)CCl)c1ccccc1N2. The number of thiophene rings is 1. The number of fused-ring (bicyclic) bond motifs is 1. The molecule has 4 nitrogen and oxygen atoms in total. The summed E-state index contributed by atoms with van der Waals surface area (Å²) in [5.41, 5.74) is 3.21. The van der Waals surface area contributed by atoms with Crippen molar-refractivity contribution in [1.29, 1.82) is 0 Å². The molecule has 0 saturated heterocycles. The number of halogens is 1. The maximum Gasteiger partial charge on any atom is 0.242 e. The summed E-state index contributed by atoms with van der Waals surface area (Å²) in [6, 6.07) is 11.1. The summed E-state index contributed by atoms with van der Waals surface area (Å²) in [4.78, 5) is 28.3. The van der Waals surface area contributed by atoms with Crippen LogP contribution < -0.4 is 10.2 Å². The number of carbonyl (C=O) groups excluding carboxylic acids is 2. The van der Waals surface area contributed by atoms with Gasteiger partial charge in [-0.1, -0.05) is 18.2 Å². The lowest BCUT2D eigenvalue weighted by Crippen LogP contribution is -2.38. The molecule has 1 aliphatic heterocycles. The third kappa shape index (κ3) is 2.77. The second-order valence-electron chi connectivity index (χ2n) is 6.13. The first-order valence-electron chi connectivity index (χ1n) is 8.24. The molecule has 1 aromatic heterocycles. The maximum atomic E-state index is 12.8. The molecule has 25 heavy (non-hydrogen) atoms. The Hall–Kier alpha value is -2.11. The zero-order valence-corrected chi connectivity index (χ0v) is 15.1. The average molecular weight is 373 g/mol. The lowest BCUT2D eigenvalue weighted by atomic mass is 9.88. The van der Waals surface area contributed by atoms with Gasteiger partial charge >= 0.3 is 0 Å². The molecule has 1 amide bonds. The maximum absolute atomic E-state index is 12.8. The lowest BCUT2D eigenvalue weighted by molar-refractivity contribution is -0.117. The van der Waals surface area contributed by atoms with Crippen LogP contribution in [0.2, 0.25) is 0 Å². The molecule has 0 spiro atoms. The number of para-hydroxylation sites is 2. The van der Waals surface area contributed by atoms with Gasteiger partial charge in [-0.2, -0.15) is 0 Å². The van der Waals surface area contributed by atoms with Crippen molar-refractivity contribution < 1.29 is 9.59 Å². The first kappa shape index (κ1) is 16.4. The average Bonchev–Trinajstić information content (AvgIpc) is 3.10. The van der Waals surface area contributed by atoms with E-state index in [1.165, 1.54) is 0 Å². The molecule has 1 aliphatic carbocycles. The number of amides is 1. The summed E-state index contributed by atoms with van der Waals surface area (Å²) in [5, 5.41) is 5.39. The van der Waals surface area contributed by atoms with Crippen molar-refractivity contribution in [3.8, 4) is 0 Å². The molecule has 1 aromatic carbocycles. The van der Waals surface area contributed by atoms with Crippen molar-refractivity contribution in [2.75, 3.05) is 16.1 Å². The zero-order valence-electron chi connectivity index (χ0n) is 13.5. The highest BCUT2D eigenvalue weighted by molar-refractivity contribution is 7.10. The molecule has 1 atom stereocenters. The Morgan fingerprint density at radius 3 is 2.84 bits per heavy atom. The minimum atomic E-state index is -0.426. The van der Waals surface area contributed by atoms with Crippen LogP contribution in [0.15, 0.2) is 53.0 Å². The number of hydrogen-bond acceptors (Lipinski definition) is 4. The van der Waals surface area contributed by atoms with E-state index in [1.807, 2.05) is 41.8 Å². The molecule has 6 heteroatoms. The van der Waals surface area contributed by atoms with Crippen LogP contribution in [0, 0.1) is 0 Å². The molecule has 1 N–H and O–H groups in total. The van der Waals surface area contributed by atoms with E-state index < -0.39 is 6.04 Å². The molecule has 0 bridgehead atoms. The van der Waals surface area contributed by atoms with Crippen molar-refractivity contribution in [3.63, 3.8) is 0 Å². The number of rotatable bonds is 2. The van der Waals surface area contributed by atoms with Crippen LogP contribution in [-0.2, 0) is 9.59 Å². The molecule has 0 fully saturated rings. The second kappa shape index (κ2) is 6.65. The molecule has 2 aliphatic rings. The van der Waals surface area contributed by atoms with E-state index in [4.69, 9.17) is 11.6 Å². The molecular weight excluding hydrogens is 356 g/mol. The Labute approximate surface area is 155 Å². The number of nitrogens with zero attached hydrogens (tertiary/aromatic N) is 1. The second-order valence-corrected chi connectivity index (χ2v) is 7.37. The Morgan fingerprint density at radius 1 is 1.24 bits per heavy atom. The normalized spacial score (nSPS) is 19.8. The highest BCUT2D eigenvalue weighted by atomic mass is 35.5. The summed E-state index contributed by atoms with van der Waals surface area (Å²) in [6.07, 6.45) is 2.15. The van der Waals surface area contributed by atoms with Crippen molar-refractivity contribution in [2.45, 2.75) is 25.3 Å². The Kier molecular flexibility index (Phi) is 4.36. The Morgan fingerprint density at radius 2 is 2.08 bits per heavy atom. The standard InChI is InChI=1S/C19H17ClN2O2S/c20-11-17(24)22-14-7-2-1-5-12(14)21-13-6-3-8-15(23)18(13)19(22)16-9-4-10-25-16/h1-2,4-5,7,9-10,19,21H,3,6,8,11H2. The van der Waals surface area contributed by atoms with Gasteiger partial charge < -0.3 is 5.32 Å². The topological polar surface area (TPSA) is 49.4 Å². The Bertz CT molecular complexity index is 860. The van der Waals surface area contributed by atoms with E-state index in [0.717, 1.165) is 34.8 Å². The van der Waals surface area contributed by atoms with Gasteiger partial charge in [0.05, 0.1) is 11.4 Å². The molecule has 2 aromatic rings. The van der Waals surface area contributed by atoms with Gasteiger partial charge in [-0.15, -0.1) is 22.9 Å². The summed E-state index contributed by atoms with van der Waals surface area (Å²) in [5.74, 6) is -0.235. The summed E-state index contributed by atoms with van der Waals surface area (Å²) in [6.45, 7) is 0. The van der Waals surface area contributed by atoms with Gasteiger partial charge in [-0.05, 0) is 36.4 Å². The van der Waals surface area contributed by atoms with Gasteiger partial charge in [0.1, 0.15) is 11.9 Å². The van der Waals surface area contributed by atoms with E-state index >= 15 is 0 Å². The number of alkyl halides is 1. The van der Waals surface area contributed by atoms with Gasteiger partial charge in [0.25, 0.3) is 0 Å². The molecular formula is C19H17ClN2O2S. The third-order valence-corrected chi connectivity index (χ3v) is 5.79. The molecule has 0 saturated carbocycles. The van der Waals surface area contributed by atoms with E-state index in [1.54, 1.807) is 16.2 Å². The van der Waals surface area contributed by atoms with Crippen LogP contribution in [-0.4, -0.2) is 17.6 Å². The van der Waals surface area contributed by atoms with Crippen LogP contribution in [0.1, 0.15) is 30.2 Å². The minimum absolute atomic E-state index is 0.104. The molecule has 1 unspecified atom stereocenters. The lowest BCUT2D eigenvalue weighted by Gasteiger charge is -2.32. The monoisotopic (exact) mass is 372 g/mol.